The molecule has 1 aliphatic rings. The summed E-state index contributed by atoms with van der Waals surface area (Å²) in [5.41, 5.74) is 2.16. The number of hydrogen-bond acceptors (Lipinski definition) is 6. The van der Waals surface area contributed by atoms with Crippen LogP contribution in [0.15, 0.2) is 18.2 Å². The van der Waals surface area contributed by atoms with Crippen LogP contribution in [0.4, 0.5) is 27.8 Å². The van der Waals surface area contributed by atoms with E-state index in [9.17, 15) is 31.5 Å². The van der Waals surface area contributed by atoms with Crippen molar-refractivity contribution in [1.82, 2.24) is 9.78 Å². The normalized spacial score (nSPS) is 15.2. The number of benzene rings is 1. The van der Waals surface area contributed by atoms with Crippen molar-refractivity contribution in [3.8, 4) is 0 Å². The minimum absolute atomic E-state index is 0.286. The van der Waals surface area contributed by atoms with Crippen molar-refractivity contribution in [2.45, 2.75) is 25.1 Å². The highest BCUT2D eigenvalue weighted by atomic mass is 19.4. The Morgan fingerprint density at radius 2 is 1.77 bits per heavy atom. The average molecular weight is 433 g/mol. The molecule has 1 aliphatic heterocycles. The van der Waals surface area contributed by atoms with Crippen LogP contribution in [0.5, 0.6) is 0 Å². The Morgan fingerprint density at radius 3 is 2.33 bits per heavy atom. The minimum atomic E-state index is -5.03. The Morgan fingerprint density at radius 1 is 1.17 bits per heavy atom. The number of Topliss-reactive ketones (excluding diaryl/α,β-unsaturated/α-hetero) is 1. The number of ether oxygens (including phenoxy) is 2. The first-order chi connectivity index (χ1) is 14.1. The molecule has 1 fully saturated rings. The number of nitrogens with zero attached hydrogens (tertiary/aromatic N) is 2. The highest BCUT2D eigenvalue weighted by molar-refractivity contribution is 6.01. The van der Waals surface area contributed by atoms with Crippen LogP contribution < -0.4 is 5.73 Å². The summed E-state index contributed by atoms with van der Waals surface area (Å²) in [6.07, 6.45) is -4.36. The molecule has 2 aromatic rings. The molecule has 162 valence electrons. The fourth-order valence-electron chi connectivity index (χ4n) is 3.09. The molecule has 7 nitrogen and oxygen atoms in total. The SMILES string of the molecule is Nc1c(C(=O)OCC(=O)c2c(F)cccc2F)c(C(F)(F)F)nn1C1CCOCC1. The molecule has 2 heterocycles. The van der Waals surface area contributed by atoms with Crippen molar-refractivity contribution in [3.63, 3.8) is 0 Å². The number of hydrogen-bond donors (Lipinski definition) is 1. The summed E-state index contributed by atoms with van der Waals surface area (Å²) in [4.78, 5) is 24.3. The number of carbonyl (C=O) groups excluding carboxylic acids is 2. The summed E-state index contributed by atoms with van der Waals surface area (Å²) in [6.45, 7) is -0.614. The smallest absolute Gasteiger partial charge is 0.436 e. The van der Waals surface area contributed by atoms with Crippen LogP contribution >= 0.6 is 0 Å². The maximum absolute atomic E-state index is 13.6. The van der Waals surface area contributed by atoms with Crippen LogP contribution in [0.25, 0.3) is 0 Å². The number of halogens is 5. The number of alkyl halides is 3. The lowest BCUT2D eigenvalue weighted by Gasteiger charge is -2.23. The van der Waals surface area contributed by atoms with E-state index in [1.54, 1.807) is 0 Å². The molecule has 0 radical (unpaired) electrons. The first-order valence-electron chi connectivity index (χ1n) is 8.78. The second kappa shape index (κ2) is 8.38. The number of nitrogen functional groups attached to an aromatic ring is 1. The number of esters is 1. The van der Waals surface area contributed by atoms with E-state index in [1.165, 1.54) is 0 Å². The third-order valence-electron chi connectivity index (χ3n) is 4.53. The van der Waals surface area contributed by atoms with Crippen molar-refractivity contribution in [2.24, 2.45) is 0 Å². The number of aromatic nitrogens is 2. The van der Waals surface area contributed by atoms with Gasteiger partial charge in [0, 0.05) is 13.2 Å². The van der Waals surface area contributed by atoms with Gasteiger partial charge in [-0.05, 0) is 25.0 Å². The van der Waals surface area contributed by atoms with Gasteiger partial charge in [-0.2, -0.15) is 18.3 Å². The third-order valence-corrected chi connectivity index (χ3v) is 4.53. The van der Waals surface area contributed by atoms with Crippen molar-refractivity contribution in [3.05, 3.63) is 46.7 Å². The van der Waals surface area contributed by atoms with E-state index in [0.717, 1.165) is 22.9 Å². The molecule has 0 bridgehead atoms. The highest BCUT2D eigenvalue weighted by Gasteiger charge is 2.43. The molecule has 0 amide bonds. The summed E-state index contributed by atoms with van der Waals surface area (Å²) < 4.78 is 78.1. The first-order valence-corrected chi connectivity index (χ1v) is 8.78. The van der Waals surface area contributed by atoms with Crippen LogP contribution in [0.2, 0.25) is 0 Å². The van der Waals surface area contributed by atoms with Gasteiger partial charge < -0.3 is 15.2 Å². The third kappa shape index (κ3) is 4.27. The standard InChI is InChI=1S/C18H16F5N3O4/c19-10-2-1-3-11(20)13(10)12(27)8-30-17(28)14-15(18(21,22)23)25-26(16(14)24)9-4-6-29-7-5-9/h1-3,9H,4-8,24H2. The molecule has 12 heteroatoms. The Kier molecular flexibility index (Phi) is 6.06. The van der Waals surface area contributed by atoms with Crippen LogP contribution in [0.3, 0.4) is 0 Å². The number of rotatable bonds is 5. The minimum Gasteiger partial charge on any atom is -0.454 e. The molecular formula is C18H16F5N3O4. The van der Waals surface area contributed by atoms with Gasteiger partial charge in [-0.25, -0.2) is 18.3 Å². The van der Waals surface area contributed by atoms with Crippen LogP contribution in [0.1, 0.15) is 45.3 Å². The molecule has 1 aromatic carbocycles. The first kappa shape index (κ1) is 21.7. The summed E-state index contributed by atoms with van der Waals surface area (Å²) in [5.74, 6) is -5.81. The van der Waals surface area contributed by atoms with E-state index in [4.69, 9.17) is 10.5 Å². The molecule has 0 aliphatic carbocycles. The largest absolute Gasteiger partial charge is 0.454 e. The van der Waals surface area contributed by atoms with E-state index < -0.39 is 64.9 Å². The van der Waals surface area contributed by atoms with Gasteiger partial charge in [-0.15, -0.1) is 0 Å². The average Bonchev–Trinajstić information content (AvgIpc) is 3.04. The molecule has 0 atom stereocenters. The van der Waals surface area contributed by atoms with Crippen LogP contribution in [-0.2, 0) is 15.7 Å². The topological polar surface area (TPSA) is 96.4 Å². The molecule has 0 saturated carbocycles. The van der Waals surface area contributed by atoms with Gasteiger partial charge in [0.25, 0.3) is 0 Å². The van der Waals surface area contributed by atoms with Crippen molar-refractivity contribution < 1.29 is 41.0 Å². The lowest BCUT2D eigenvalue weighted by atomic mass is 10.1. The molecule has 0 spiro atoms. The van der Waals surface area contributed by atoms with Gasteiger partial charge in [0.2, 0.25) is 5.78 Å². The molecule has 30 heavy (non-hydrogen) atoms. The van der Waals surface area contributed by atoms with Gasteiger partial charge in [-0.3, -0.25) is 4.79 Å². The predicted molar refractivity (Wildman–Crippen MR) is 91.7 cm³/mol. The van der Waals surface area contributed by atoms with Gasteiger partial charge in [0.05, 0.1) is 11.6 Å². The summed E-state index contributed by atoms with van der Waals surface area (Å²) in [6, 6.07) is 2.13. The van der Waals surface area contributed by atoms with Crippen molar-refractivity contribution in [1.29, 1.82) is 0 Å². The molecule has 1 saturated heterocycles. The van der Waals surface area contributed by atoms with Crippen molar-refractivity contribution >= 4 is 17.6 Å². The molecule has 3 rings (SSSR count). The van der Waals surface area contributed by atoms with Gasteiger partial charge in [-0.1, -0.05) is 6.07 Å². The quantitative estimate of drug-likeness (QED) is 0.442. The predicted octanol–water partition coefficient (Wildman–Crippen LogP) is 3.15. The monoisotopic (exact) mass is 433 g/mol. The Labute approximate surface area is 166 Å². The second-order valence-corrected chi connectivity index (χ2v) is 6.49. The maximum atomic E-state index is 13.6. The zero-order valence-corrected chi connectivity index (χ0v) is 15.3. The molecule has 1 aromatic heterocycles. The van der Waals surface area contributed by atoms with Gasteiger partial charge in [0.15, 0.2) is 12.3 Å². The Hall–Kier alpha value is -3.02. The highest BCUT2D eigenvalue weighted by Crippen LogP contribution is 2.36. The summed E-state index contributed by atoms with van der Waals surface area (Å²) >= 11 is 0. The Bertz CT molecular complexity index is 947. The van der Waals surface area contributed by atoms with E-state index in [1.807, 2.05) is 0 Å². The van der Waals surface area contributed by atoms with E-state index in [2.05, 4.69) is 9.84 Å². The van der Waals surface area contributed by atoms with Crippen LogP contribution in [0, 0.1) is 11.6 Å². The molecule has 2 N–H and O–H groups in total. The molecular weight excluding hydrogens is 417 g/mol. The fourth-order valence-corrected chi connectivity index (χ4v) is 3.09. The lowest BCUT2D eigenvalue weighted by molar-refractivity contribution is -0.142. The van der Waals surface area contributed by atoms with E-state index in [-0.39, 0.29) is 13.2 Å². The van der Waals surface area contributed by atoms with Crippen LogP contribution in [-0.4, -0.2) is 41.4 Å². The number of nitrogens with two attached hydrogens (primary N) is 1. The number of anilines is 1. The maximum Gasteiger partial charge on any atom is 0.436 e. The lowest BCUT2D eigenvalue weighted by Crippen LogP contribution is -2.22. The van der Waals surface area contributed by atoms with E-state index in [0.29, 0.717) is 12.8 Å². The van der Waals surface area contributed by atoms with Crippen molar-refractivity contribution in [2.75, 3.05) is 25.6 Å². The van der Waals surface area contributed by atoms with Gasteiger partial charge >= 0.3 is 12.1 Å². The summed E-state index contributed by atoms with van der Waals surface area (Å²) in [7, 11) is 0. The number of carbonyl (C=O) groups is 2. The van der Waals surface area contributed by atoms with E-state index >= 15 is 0 Å². The Balaban J connectivity index is 1.86. The zero-order chi connectivity index (χ0) is 22.1. The molecule has 0 unspecified atom stereocenters. The summed E-state index contributed by atoms with van der Waals surface area (Å²) in [5, 5.41) is 3.44. The fraction of sp³-hybridized carbons (Fsp3) is 0.389. The van der Waals surface area contributed by atoms with Gasteiger partial charge in [0.1, 0.15) is 23.0 Å². The second-order valence-electron chi connectivity index (χ2n) is 6.49. The zero-order valence-electron chi connectivity index (χ0n) is 15.3. The number of ketones is 1.